The minimum Gasteiger partial charge on any atom is -0.310 e. The molecule has 0 radical (unpaired) electrons. The minimum absolute atomic E-state index is 0.182. The van der Waals surface area contributed by atoms with E-state index in [9.17, 15) is 0 Å². The Morgan fingerprint density at radius 2 is 0.755 bits per heavy atom. The number of benzene rings is 8. The van der Waals surface area contributed by atoms with E-state index in [0.717, 1.165) is 17.1 Å². The molecule has 254 valence electrons. The lowest BCUT2D eigenvalue weighted by Crippen LogP contribution is -2.74. The van der Waals surface area contributed by atoms with Crippen molar-refractivity contribution in [2.75, 3.05) is 4.90 Å². The van der Waals surface area contributed by atoms with E-state index in [4.69, 9.17) is 0 Å². The molecule has 8 aromatic carbocycles. The molecule has 53 heavy (non-hydrogen) atoms. The molecule has 0 aliphatic heterocycles. The molecule has 0 atom stereocenters. The first-order chi connectivity index (χ1) is 26.0. The molecule has 1 nitrogen and oxygen atoms in total. The van der Waals surface area contributed by atoms with Crippen LogP contribution in [0.25, 0.3) is 22.3 Å². The summed E-state index contributed by atoms with van der Waals surface area (Å²) in [5.74, 6) is 0. The summed E-state index contributed by atoms with van der Waals surface area (Å²) < 4.78 is 0. The first-order valence-corrected chi connectivity index (χ1v) is 20.5. The fourth-order valence-electron chi connectivity index (χ4n) is 8.64. The average molecular weight is 696 g/mol. The maximum absolute atomic E-state index is 2.65. The van der Waals surface area contributed by atoms with Crippen molar-refractivity contribution in [1.82, 2.24) is 0 Å². The van der Waals surface area contributed by atoms with Gasteiger partial charge in [-0.2, -0.15) is 0 Å². The molecular formula is C51H41NSi. The Morgan fingerprint density at radius 3 is 1.26 bits per heavy atom. The van der Waals surface area contributed by atoms with Crippen LogP contribution in [0.4, 0.5) is 17.1 Å². The molecule has 1 aliphatic rings. The number of anilines is 3. The predicted molar refractivity (Wildman–Crippen MR) is 228 cm³/mol. The van der Waals surface area contributed by atoms with Gasteiger partial charge in [-0.15, -0.1) is 0 Å². The van der Waals surface area contributed by atoms with Crippen LogP contribution in [0.2, 0.25) is 0 Å². The third kappa shape index (κ3) is 5.55. The van der Waals surface area contributed by atoms with E-state index in [2.05, 4.69) is 231 Å². The standard InChI is InChI=1S/C51H41NSi/c1-51(2)49-36-39(38-19-18-24-42(35-38)52(40-20-8-3-9-21-40)41-22-10-4-11-23-41)31-33-47(49)48-34-32-46(37-50(48)51)53(43-25-12-5-13-26-43,44-27-14-6-15-28-44)45-29-16-7-17-30-45/h3-37H,1-2H3. The highest BCUT2D eigenvalue weighted by Crippen LogP contribution is 2.49. The van der Waals surface area contributed by atoms with Crippen LogP contribution >= 0.6 is 0 Å². The van der Waals surface area contributed by atoms with Crippen LogP contribution in [0, 0.1) is 0 Å². The molecule has 1 aliphatic carbocycles. The molecular weight excluding hydrogens is 655 g/mol. The second-order valence-electron chi connectivity index (χ2n) is 14.6. The quantitative estimate of drug-likeness (QED) is 0.113. The van der Waals surface area contributed by atoms with Crippen LogP contribution < -0.4 is 25.6 Å². The van der Waals surface area contributed by atoms with Crippen molar-refractivity contribution in [3.63, 3.8) is 0 Å². The number of rotatable bonds is 8. The summed E-state index contributed by atoms with van der Waals surface area (Å²) in [6.45, 7) is 4.82. The molecule has 9 rings (SSSR count). The van der Waals surface area contributed by atoms with Gasteiger partial charge in [0, 0.05) is 22.5 Å². The summed E-state index contributed by atoms with van der Waals surface area (Å²) in [6.07, 6.45) is 0. The molecule has 2 heteroatoms. The molecule has 0 amide bonds. The van der Waals surface area contributed by atoms with Gasteiger partial charge in [0.1, 0.15) is 0 Å². The summed E-state index contributed by atoms with van der Waals surface area (Å²) in [6, 6.07) is 78.4. The predicted octanol–water partition coefficient (Wildman–Crippen LogP) is 10.5. The Hall–Kier alpha value is -6.22. The number of hydrogen-bond acceptors (Lipinski definition) is 1. The van der Waals surface area contributed by atoms with Gasteiger partial charge in [0.2, 0.25) is 0 Å². The molecule has 0 N–H and O–H groups in total. The van der Waals surface area contributed by atoms with Crippen molar-refractivity contribution in [2.45, 2.75) is 19.3 Å². The van der Waals surface area contributed by atoms with Gasteiger partial charge >= 0.3 is 0 Å². The number of para-hydroxylation sites is 2. The Morgan fingerprint density at radius 1 is 0.340 bits per heavy atom. The maximum atomic E-state index is 2.56. The lowest BCUT2D eigenvalue weighted by atomic mass is 9.81. The lowest BCUT2D eigenvalue weighted by Gasteiger charge is -2.35. The summed E-state index contributed by atoms with van der Waals surface area (Å²) in [5.41, 5.74) is 11.1. The zero-order chi connectivity index (χ0) is 35.8. The third-order valence-electron chi connectivity index (χ3n) is 11.2. The second-order valence-corrected chi connectivity index (χ2v) is 18.4. The van der Waals surface area contributed by atoms with Crippen LogP contribution in [0.5, 0.6) is 0 Å². The normalized spacial score (nSPS) is 12.9. The fraction of sp³-hybridized carbons (Fsp3) is 0.0588. The zero-order valence-electron chi connectivity index (χ0n) is 30.2. The van der Waals surface area contributed by atoms with Crippen molar-refractivity contribution in [3.05, 3.63) is 223 Å². The minimum atomic E-state index is -2.65. The van der Waals surface area contributed by atoms with Crippen molar-refractivity contribution in [2.24, 2.45) is 0 Å². The van der Waals surface area contributed by atoms with Crippen molar-refractivity contribution in [1.29, 1.82) is 0 Å². The van der Waals surface area contributed by atoms with E-state index in [0.29, 0.717) is 0 Å². The van der Waals surface area contributed by atoms with Crippen LogP contribution in [-0.2, 0) is 5.41 Å². The van der Waals surface area contributed by atoms with Gasteiger partial charge < -0.3 is 4.90 Å². The third-order valence-corrected chi connectivity index (χ3v) is 16.0. The van der Waals surface area contributed by atoms with Crippen LogP contribution in [0.15, 0.2) is 212 Å². The number of nitrogens with zero attached hydrogens (tertiary/aromatic N) is 1. The van der Waals surface area contributed by atoms with Crippen LogP contribution in [-0.4, -0.2) is 8.07 Å². The molecule has 0 saturated carbocycles. The molecule has 0 saturated heterocycles. The van der Waals surface area contributed by atoms with E-state index in [-0.39, 0.29) is 5.41 Å². The first-order valence-electron chi connectivity index (χ1n) is 18.5. The van der Waals surface area contributed by atoms with E-state index < -0.39 is 8.07 Å². The highest BCUT2D eigenvalue weighted by atomic mass is 28.3. The van der Waals surface area contributed by atoms with Crippen LogP contribution in [0.3, 0.4) is 0 Å². The van der Waals surface area contributed by atoms with Crippen molar-refractivity contribution in [3.8, 4) is 22.3 Å². The summed E-state index contributed by atoms with van der Waals surface area (Å²) >= 11 is 0. The summed E-state index contributed by atoms with van der Waals surface area (Å²) in [4.78, 5) is 2.33. The number of fused-ring (bicyclic) bond motifs is 3. The molecule has 0 spiro atoms. The zero-order valence-corrected chi connectivity index (χ0v) is 31.2. The van der Waals surface area contributed by atoms with Gasteiger partial charge in [0.15, 0.2) is 8.07 Å². The monoisotopic (exact) mass is 695 g/mol. The van der Waals surface area contributed by atoms with E-state index in [1.54, 1.807) is 0 Å². The van der Waals surface area contributed by atoms with Gasteiger partial charge in [0.25, 0.3) is 0 Å². The molecule has 0 unspecified atom stereocenters. The van der Waals surface area contributed by atoms with Crippen molar-refractivity contribution >= 4 is 45.9 Å². The van der Waals surface area contributed by atoms with Gasteiger partial charge in [-0.25, -0.2) is 0 Å². The van der Waals surface area contributed by atoms with E-state index in [1.165, 1.54) is 54.1 Å². The largest absolute Gasteiger partial charge is 0.310 e. The maximum Gasteiger partial charge on any atom is 0.179 e. The number of hydrogen-bond donors (Lipinski definition) is 0. The highest BCUT2D eigenvalue weighted by molar-refractivity contribution is 7.19. The first kappa shape index (κ1) is 32.7. The van der Waals surface area contributed by atoms with E-state index in [1.807, 2.05) is 0 Å². The highest BCUT2D eigenvalue weighted by Gasteiger charge is 2.44. The molecule has 0 heterocycles. The molecule has 0 aromatic heterocycles. The Bertz CT molecular complexity index is 2370. The second kappa shape index (κ2) is 13.4. The summed E-state index contributed by atoms with van der Waals surface area (Å²) in [7, 11) is -2.65. The molecule has 0 bridgehead atoms. The van der Waals surface area contributed by atoms with Gasteiger partial charge in [-0.3, -0.25) is 0 Å². The average Bonchev–Trinajstić information content (AvgIpc) is 3.45. The Kier molecular flexibility index (Phi) is 8.26. The van der Waals surface area contributed by atoms with Crippen molar-refractivity contribution < 1.29 is 0 Å². The van der Waals surface area contributed by atoms with Crippen LogP contribution in [0.1, 0.15) is 25.0 Å². The lowest BCUT2D eigenvalue weighted by molar-refractivity contribution is 0.661. The molecule has 8 aromatic rings. The molecule has 0 fully saturated rings. The Balaban J connectivity index is 1.16. The smallest absolute Gasteiger partial charge is 0.179 e. The van der Waals surface area contributed by atoms with E-state index >= 15 is 0 Å². The van der Waals surface area contributed by atoms with Gasteiger partial charge in [0.05, 0.1) is 0 Å². The Labute approximate surface area is 314 Å². The SMILES string of the molecule is CC1(C)c2cc(-c3cccc(N(c4ccccc4)c4ccccc4)c3)ccc2-c2ccc([Si](c3ccccc3)(c3ccccc3)c3ccccc3)cc21. The van der Waals surface area contributed by atoms with Gasteiger partial charge in [-0.05, 0) is 96.6 Å². The van der Waals surface area contributed by atoms with Gasteiger partial charge in [-0.1, -0.05) is 184 Å². The fourth-order valence-corrected chi connectivity index (χ4v) is 13.4. The topological polar surface area (TPSA) is 3.24 Å². The summed E-state index contributed by atoms with van der Waals surface area (Å²) in [5, 5.41) is 5.60.